The molecule has 1 N–H and O–H groups in total. The van der Waals surface area contributed by atoms with Crippen molar-refractivity contribution in [1.29, 1.82) is 0 Å². The minimum atomic E-state index is -0.818. The standard InChI is InChI=1S/C26H20BrNO6/c1-13-7-8-19-17(9-13)23(29)21-22(14-10-18(27)24(30)20(11-14)33-3)28(26(31)25(21)34-19)15-5-4-6-16(12-15)32-2/h4-12,22,30H,1-3H3. The van der Waals surface area contributed by atoms with Gasteiger partial charge in [0.25, 0.3) is 5.91 Å². The molecule has 5 rings (SSSR count). The number of hydrogen-bond acceptors (Lipinski definition) is 6. The van der Waals surface area contributed by atoms with Crippen LogP contribution in [0.2, 0.25) is 0 Å². The van der Waals surface area contributed by atoms with E-state index in [1.54, 1.807) is 55.6 Å². The predicted octanol–water partition coefficient (Wildman–Crippen LogP) is 5.34. The minimum Gasteiger partial charge on any atom is -0.503 e. The molecule has 2 heterocycles. The zero-order valence-electron chi connectivity index (χ0n) is 18.6. The molecule has 0 aliphatic carbocycles. The molecule has 0 spiro atoms. The van der Waals surface area contributed by atoms with Crippen molar-refractivity contribution in [2.75, 3.05) is 19.1 Å². The summed E-state index contributed by atoms with van der Waals surface area (Å²) in [5.41, 5.74) is 2.29. The maximum atomic E-state index is 13.8. The second-order valence-corrected chi connectivity index (χ2v) is 8.86. The number of phenols is 1. The van der Waals surface area contributed by atoms with Gasteiger partial charge in [-0.15, -0.1) is 0 Å². The maximum Gasteiger partial charge on any atom is 0.295 e. The van der Waals surface area contributed by atoms with Crippen molar-refractivity contribution in [3.63, 3.8) is 0 Å². The molecule has 4 aromatic rings. The quantitative estimate of drug-likeness (QED) is 0.390. The average molecular weight is 522 g/mol. The first-order valence-corrected chi connectivity index (χ1v) is 11.2. The summed E-state index contributed by atoms with van der Waals surface area (Å²) in [6, 6.07) is 14.8. The van der Waals surface area contributed by atoms with Crippen LogP contribution in [0.25, 0.3) is 11.0 Å². The number of hydrogen-bond donors (Lipinski definition) is 1. The SMILES string of the molecule is COc1cccc(N2C(=O)c3oc4ccc(C)cc4c(=O)c3C2c2cc(Br)c(O)c(OC)c2)c1. The number of carbonyl (C=O) groups excluding carboxylic acids is 1. The lowest BCUT2D eigenvalue weighted by Gasteiger charge is -2.26. The normalized spacial score (nSPS) is 15.0. The van der Waals surface area contributed by atoms with Gasteiger partial charge in [0.1, 0.15) is 11.3 Å². The summed E-state index contributed by atoms with van der Waals surface area (Å²) in [7, 11) is 2.97. The Morgan fingerprint density at radius 1 is 1.03 bits per heavy atom. The summed E-state index contributed by atoms with van der Waals surface area (Å²) >= 11 is 3.35. The van der Waals surface area contributed by atoms with E-state index in [0.717, 1.165) is 5.56 Å². The van der Waals surface area contributed by atoms with E-state index in [0.29, 0.717) is 32.4 Å². The van der Waals surface area contributed by atoms with E-state index in [4.69, 9.17) is 13.9 Å². The highest BCUT2D eigenvalue weighted by molar-refractivity contribution is 9.10. The number of ether oxygens (including phenoxy) is 2. The van der Waals surface area contributed by atoms with Gasteiger partial charge in [-0.3, -0.25) is 14.5 Å². The Bertz CT molecular complexity index is 1530. The van der Waals surface area contributed by atoms with Gasteiger partial charge in [0.2, 0.25) is 5.76 Å². The fourth-order valence-corrected chi connectivity index (χ4v) is 4.80. The molecule has 0 saturated heterocycles. The molecule has 0 saturated carbocycles. The predicted molar refractivity (Wildman–Crippen MR) is 131 cm³/mol. The van der Waals surface area contributed by atoms with Gasteiger partial charge in [-0.25, -0.2) is 0 Å². The minimum absolute atomic E-state index is 0.0164. The Morgan fingerprint density at radius 2 is 1.82 bits per heavy atom. The molecule has 3 aromatic carbocycles. The summed E-state index contributed by atoms with van der Waals surface area (Å²) in [6.45, 7) is 1.89. The largest absolute Gasteiger partial charge is 0.503 e. The average Bonchev–Trinajstić information content (AvgIpc) is 3.13. The van der Waals surface area contributed by atoms with Gasteiger partial charge in [0, 0.05) is 11.8 Å². The molecule has 1 unspecified atom stereocenters. The molecule has 1 aliphatic heterocycles. The highest BCUT2D eigenvalue weighted by Gasteiger charge is 2.44. The van der Waals surface area contributed by atoms with Gasteiger partial charge in [0.15, 0.2) is 16.9 Å². The van der Waals surface area contributed by atoms with Crippen LogP contribution >= 0.6 is 15.9 Å². The maximum absolute atomic E-state index is 13.8. The van der Waals surface area contributed by atoms with Gasteiger partial charge < -0.3 is 19.0 Å². The van der Waals surface area contributed by atoms with Crippen molar-refractivity contribution in [2.45, 2.75) is 13.0 Å². The van der Waals surface area contributed by atoms with Gasteiger partial charge in [-0.2, -0.15) is 0 Å². The zero-order valence-corrected chi connectivity index (χ0v) is 20.2. The van der Waals surface area contributed by atoms with Crippen LogP contribution in [-0.2, 0) is 0 Å². The fourth-order valence-electron chi connectivity index (χ4n) is 4.34. The topological polar surface area (TPSA) is 89.2 Å². The zero-order chi connectivity index (χ0) is 24.1. The molecule has 0 bridgehead atoms. The number of benzene rings is 3. The lowest BCUT2D eigenvalue weighted by molar-refractivity contribution is 0.0971. The van der Waals surface area contributed by atoms with E-state index in [-0.39, 0.29) is 28.3 Å². The number of carbonyl (C=O) groups is 1. The molecule has 8 heteroatoms. The molecular formula is C26H20BrNO6. The third-order valence-corrected chi connectivity index (χ3v) is 6.55. The molecular weight excluding hydrogens is 502 g/mol. The lowest BCUT2D eigenvalue weighted by Crippen LogP contribution is -2.29. The molecule has 1 aromatic heterocycles. The van der Waals surface area contributed by atoms with E-state index in [9.17, 15) is 14.7 Å². The Hall–Kier alpha value is -3.78. The highest BCUT2D eigenvalue weighted by Crippen LogP contribution is 2.45. The van der Waals surface area contributed by atoms with Crippen LogP contribution in [0.4, 0.5) is 5.69 Å². The Kier molecular flexibility index (Phi) is 5.32. The Labute approximate surface area is 203 Å². The van der Waals surface area contributed by atoms with Crippen molar-refractivity contribution in [3.8, 4) is 17.2 Å². The number of aromatic hydroxyl groups is 1. The molecule has 1 aliphatic rings. The number of aryl methyl sites for hydroxylation is 1. The van der Waals surface area contributed by atoms with Crippen LogP contribution < -0.4 is 19.8 Å². The van der Waals surface area contributed by atoms with Crippen molar-refractivity contribution in [3.05, 3.63) is 91.7 Å². The molecule has 34 heavy (non-hydrogen) atoms. The number of amides is 1. The van der Waals surface area contributed by atoms with E-state index >= 15 is 0 Å². The van der Waals surface area contributed by atoms with Crippen LogP contribution in [0.15, 0.2) is 68.3 Å². The van der Waals surface area contributed by atoms with Crippen molar-refractivity contribution in [1.82, 2.24) is 0 Å². The Morgan fingerprint density at radius 3 is 2.56 bits per heavy atom. The van der Waals surface area contributed by atoms with E-state index in [1.807, 2.05) is 13.0 Å². The summed E-state index contributed by atoms with van der Waals surface area (Å²) in [5.74, 6) is 0.222. The van der Waals surface area contributed by atoms with Crippen molar-refractivity contribution >= 4 is 38.5 Å². The molecule has 1 amide bonds. The number of phenolic OH excluding ortho intramolecular Hbond substituents is 1. The first-order valence-electron chi connectivity index (χ1n) is 10.5. The first kappa shape index (κ1) is 22.0. The monoisotopic (exact) mass is 521 g/mol. The van der Waals surface area contributed by atoms with Crippen molar-refractivity contribution < 1.29 is 23.8 Å². The molecule has 172 valence electrons. The van der Waals surface area contributed by atoms with Gasteiger partial charge in [0.05, 0.1) is 35.7 Å². The van der Waals surface area contributed by atoms with Crippen LogP contribution in [-0.4, -0.2) is 25.2 Å². The Balaban J connectivity index is 1.84. The number of nitrogens with zero attached hydrogens (tertiary/aromatic N) is 1. The fraction of sp³-hybridized carbons (Fsp3) is 0.154. The van der Waals surface area contributed by atoms with Crippen LogP contribution in [0.1, 0.15) is 33.3 Å². The summed E-state index contributed by atoms with van der Waals surface area (Å²) in [4.78, 5) is 29.0. The third kappa shape index (κ3) is 3.33. The summed E-state index contributed by atoms with van der Waals surface area (Å²) in [6.07, 6.45) is 0. The van der Waals surface area contributed by atoms with Crippen LogP contribution in [0.5, 0.6) is 17.2 Å². The van der Waals surface area contributed by atoms with E-state index < -0.39 is 11.9 Å². The molecule has 0 fully saturated rings. The summed E-state index contributed by atoms with van der Waals surface area (Å²) in [5, 5.41) is 10.7. The van der Waals surface area contributed by atoms with Crippen LogP contribution in [0, 0.1) is 6.92 Å². The first-order chi connectivity index (χ1) is 16.3. The highest BCUT2D eigenvalue weighted by atomic mass is 79.9. The second kappa shape index (κ2) is 8.22. The number of halogens is 1. The van der Waals surface area contributed by atoms with E-state index in [1.165, 1.54) is 12.0 Å². The van der Waals surface area contributed by atoms with Crippen LogP contribution in [0.3, 0.4) is 0 Å². The third-order valence-electron chi connectivity index (χ3n) is 5.94. The van der Waals surface area contributed by atoms with Gasteiger partial charge >= 0.3 is 0 Å². The molecule has 1 atom stereocenters. The van der Waals surface area contributed by atoms with Gasteiger partial charge in [-0.05, 0) is 64.8 Å². The smallest absolute Gasteiger partial charge is 0.295 e. The second-order valence-electron chi connectivity index (χ2n) is 8.01. The van der Waals surface area contributed by atoms with Gasteiger partial charge in [-0.1, -0.05) is 17.7 Å². The molecule has 7 nitrogen and oxygen atoms in total. The molecule has 0 radical (unpaired) electrons. The number of rotatable bonds is 4. The lowest BCUT2D eigenvalue weighted by atomic mass is 9.97. The van der Waals surface area contributed by atoms with Crippen molar-refractivity contribution in [2.24, 2.45) is 0 Å². The number of methoxy groups -OCH3 is 2. The number of anilines is 1. The number of fused-ring (bicyclic) bond motifs is 2. The van der Waals surface area contributed by atoms with E-state index in [2.05, 4.69) is 15.9 Å². The summed E-state index contributed by atoms with van der Waals surface area (Å²) < 4.78 is 17.1.